The van der Waals surface area contributed by atoms with Gasteiger partial charge in [-0.05, 0) is 43.9 Å². The van der Waals surface area contributed by atoms with Crippen molar-refractivity contribution in [3.05, 3.63) is 36.2 Å². The molecule has 7 heteroatoms. The Hall–Kier alpha value is -1.86. The lowest BCUT2D eigenvalue weighted by Crippen LogP contribution is -2.45. The van der Waals surface area contributed by atoms with Crippen molar-refractivity contribution in [1.82, 2.24) is 25.0 Å². The van der Waals surface area contributed by atoms with Gasteiger partial charge in [0.2, 0.25) is 5.91 Å². The highest BCUT2D eigenvalue weighted by molar-refractivity contribution is 7.99. The van der Waals surface area contributed by atoms with Crippen LogP contribution in [-0.4, -0.2) is 57.0 Å². The van der Waals surface area contributed by atoms with Crippen molar-refractivity contribution in [2.24, 2.45) is 0 Å². The zero-order valence-electron chi connectivity index (χ0n) is 16.2. The Balaban J connectivity index is 1.53. The van der Waals surface area contributed by atoms with Crippen molar-refractivity contribution in [2.75, 3.05) is 25.4 Å². The topological polar surface area (TPSA) is 63.1 Å². The summed E-state index contributed by atoms with van der Waals surface area (Å²) < 4.78 is 1.97. The summed E-state index contributed by atoms with van der Waals surface area (Å²) in [4.78, 5) is 14.9. The number of carbonyl (C=O) groups is 1. The molecule has 0 unspecified atom stereocenters. The Morgan fingerprint density at radius 3 is 2.78 bits per heavy atom. The molecule has 2 aromatic rings. The molecule has 1 aromatic heterocycles. The third-order valence-corrected chi connectivity index (χ3v) is 5.92. The number of aromatic nitrogens is 3. The minimum Gasteiger partial charge on any atom is -0.353 e. The van der Waals surface area contributed by atoms with E-state index in [-0.39, 0.29) is 5.91 Å². The third-order valence-electron chi connectivity index (χ3n) is 4.97. The Morgan fingerprint density at radius 2 is 2.04 bits per heavy atom. The molecule has 1 N–H and O–H groups in total. The summed E-state index contributed by atoms with van der Waals surface area (Å²) in [5.41, 5.74) is 2.32. The van der Waals surface area contributed by atoms with Crippen molar-refractivity contribution in [1.29, 1.82) is 0 Å². The number of aryl methyl sites for hydroxylation is 1. The monoisotopic (exact) mass is 387 g/mol. The lowest BCUT2D eigenvalue weighted by atomic mass is 10.1. The molecule has 6 nitrogen and oxygen atoms in total. The first-order valence-corrected chi connectivity index (χ1v) is 10.8. The molecule has 0 bridgehead atoms. The van der Waals surface area contributed by atoms with Crippen LogP contribution in [0.1, 0.15) is 38.7 Å². The number of nitrogens with zero attached hydrogens (tertiary/aromatic N) is 4. The molecule has 0 spiro atoms. The summed E-state index contributed by atoms with van der Waals surface area (Å²) in [5.74, 6) is 0.439. The van der Waals surface area contributed by atoms with E-state index in [9.17, 15) is 4.79 Å². The number of amides is 1. The molecule has 1 fully saturated rings. The highest BCUT2D eigenvalue weighted by Gasteiger charge is 2.20. The van der Waals surface area contributed by atoms with Crippen LogP contribution in [0.3, 0.4) is 0 Å². The number of rotatable bonds is 8. The van der Waals surface area contributed by atoms with Crippen molar-refractivity contribution in [2.45, 2.75) is 50.7 Å². The van der Waals surface area contributed by atoms with Crippen LogP contribution in [0, 0.1) is 0 Å². The van der Waals surface area contributed by atoms with E-state index >= 15 is 0 Å². The van der Waals surface area contributed by atoms with E-state index in [2.05, 4.69) is 46.4 Å². The van der Waals surface area contributed by atoms with E-state index in [0.29, 0.717) is 11.8 Å². The van der Waals surface area contributed by atoms with Gasteiger partial charge >= 0.3 is 0 Å². The molecular formula is C20H29N5OS. The van der Waals surface area contributed by atoms with Gasteiger partial charge in [0.05, 0.1) is 11.4 Å². The SMILES string of the molecule is CCCN1CCC(NC(=O)CSc2nncn2-c2ccccc2CC)CC1. The van der Waals surface area contributed by atoms with Gasteiger partial charge < -0.3 is 10.2 Å². The van der Waals surface area contributed by atoms with Gasteiger partial charge in [0.1, 0.15) is 6.33 Å². The number of hydrogen-bond donors (Lipinski definition) is 1. The number of nitrogens with one attached hydrogen (secondary N) is 1. The van der Waals surface area contributed by atoms with Crippen LogP contribution < -0.4 is 5.32 Å². The van der Waals surface area contributed by atoms with Gasteiger partial charge in [-0.2, -0.15) is 0 Å². The predicted octanol–water partition coefficient (Wildman–Crippen LogP) is 2.91. The van der Waals surface area contributed by atoms with Crippen molar-refractivity contribution in [3.8, 4) is 5.69 Å². The predicted molar refractivity (Wildman–Crippen MR) is 109 cm³/mol. The quantitative estimate of drug-likeness (QED) is 0.706. The summed E-state index contributed by atoms with van der Waals surface area (Å²) >= 11 is 1.44. The molecule has 1 saturated heterocycles. The maximum Gasteiger partial charge on any atom is 0.230 e. The lowest BCUT2D eigenvalue weighted by Gasteiger charge is -2.32. The summed E-state index contributed by atoms with van der Waals surface area (Å²) in [6.07, 6.45) is 5.93. The van der Waals surface area contributed by atoms with E-state index in [4.69, 9.17) is 0 Å². The van der Waals surface area contributed by atoms with Crippen LogP contribution in [-0.2, 0) is 11.2 Å². The second-order valence-electron chi connectivity index (χ2n) is 6.94. The van der Waals surface area contributed by atoms with E-state index in [0.717, 1.165) is 49.7 Å². The second kappa shape index (κ2) is 9.90. The molecule has 2 heterocycles. The van der Waals surface area contributed by atoms with Crippen molar-refractivity contribution >= 4 is 17.7 Å². The highest BCUT2D eigenvalue weighted by Crippen LogP contribution is 2.22. The largest absolute Gasteiger partial charge is 0.353 e. The molecule has 0 saturated carbocycles. The Kier molecular flexibility index (Phi) is 7.29. The minimum atomic E-state index is 0.0762. The molecule has 1 aliphatic heterocycles. The molecule has 27 heavy (non-hydrogen) atoms. The fourth-order valence-electron chi connectivity index (χ4n) is 3.55. The second-order valence-corrected chi connectivity index (χ2v) is 7.88. The Labute approximate surface area is 165 Å². The van der Waals surface area contributed by atoms with Gasteiger partial charge in [0.25, 0.3) is 0 Å². The first-order chi connectivity index (χ1) is 13.2. The fraction of sp³-hybridized carbons (Fsp3) is 0.550. The molecule has 1 aliphatic rings. The smallest absolute Gasteiger partial charge is 0.230 e. The number of hydrogen-bond acceptors (Lipinski definition) is 5. The molecule has 1 amide bonds. The zero-order valence-corrected chi connectivity index (χ0v) is 17.0. The highest BCUT2D eigenvalue weighted by atomic mass is 32.2. The van der Waals surface area contributed by atoms with E-state index in [1.807, 2.05) is 16.7 Å². The number of para-hydroxylation sites is 1. The van der Waals surface area contributed by atoms with Crippen molar-refractivity contribution < 1.29 is 4.79 Å². The lowest BCUT2D eigenvalue weighted by molar-refractivity contribution is -0.119. The fourth-order valence-corrected chi connectivity index (χ4v) is 4.28. The molecule has 3 rings (SSSR count). The molecule has 0 atom stereocenters. The third kappa shape index (κ3) is 5.32. The van der Waals surface area contributed by atoms with Gasteiger partial charge in [0, 0.05) is 19.1 Å². The van der Waals surface area contributed by atoms with E-state index < -0.39 is 0 Å². The van der Waals surface area contributed by atoms with E-state index in [1.54, 1.807) is 6.33 Å². The van der Waals surface area contributed by atoms with Crippen LogP contribution in [0.5, 0.6) is 0 Å². The standard InChI is InChI=1S/C20H29N5OS/c1-3-11-24-12-9-17(10-13-24)22-19(26)14-27-20-23-21-15-25(20)18-8-6-5-7-16(18)4-2/h5-8,15,17H,3-4,9-14H2,1-2H3,(H,22,26). The number of likely N-dealkylation sites (tertiary alicyclic amines) is 1. The van der Waals surface area contributed by atoms with Crippen molar-refractivity contribution in [3.63, 3.8) is 0 Å². The molecule has 0 radical (unpaired) electrons. The number of carbonyl (C=O) groups excluding carboxylic acids is 1. The van der Waals surface area contributed by atoms with Crippen LogP contribution in [0.2, 0.25) is 0 Å². The number of piperidine rings is 1. The normalized spacial score (nSPS) is 15.8. The number of thioether (sulfide) groups is 1. The maximum absolute atomic E-state index is 12.4. The number of benzene rings is 1. The Bertz CT molecular complexity index is 739. The first kappa shape index (κ1) is 19.9. The van der Waals surface area contributed by atoms with Crippen LogP contribution >= 0.6 is 11.8 Å². The van der Waals surface area contributed by atoms with Gasteiger partial charge in [-0.15, -0.1) is 10.2 Å². The summed E-state index contributed by atoms with van der Waals surface area (Å²) in [7, 11) is 0. The van der Waals surface area contributed by atoms with Crippen LogP contribution in [0.25, 0.3) is 5.69 Å². The van der Waals surface area contributed by atoms with Crippen LogP contribution in [0.15, 0.2) is 35.7 Å². The van der Waals surface area contributed by atoms with Gasteiger partial charge in [0.15, 0.2) is 5.16 Å². The van der Waals surface area contributed by atoms with Gasteiger partial charge in [-0.3, -0.25) is 9.36 Å². The average Bonchev–Trinajstić information content (AvgIpc) is 3.16. The maximum atomic E-state index is 12.4. The Morgan fingerprint density at radius 1 is 1.26 bits per heavy atom. The zero-order chi connectivity index (χ0) is 19.1. The average molecular weight is 388 g/mol. The summed E-state index contributed by atoms with van der Waals surface area (Å²) in [5, 5.41) is 12.2. The molecule has 146 valence electrons. The van der Waals surface area contributed by atoms with Gasteiger partial charge in [-0.25, -0.2) is 0 Å². The van der Waals surface area contributed by atoms with Gasteiger partial charge in [-0.1, -0.05) is 43.8 Å². The summed E-state index contributed by atoms with van der Waals surface area (Å²) in [6.45, 7) is 7.66. The van der Waals surface area contributed by atoms with E-state index in [1.165, 1.54) is 23.7 Å². The molecule has 0 aliphatic carbocycles. The first-order valence-electron chi connectivity index (χ1n) is 9.84. The summed E-state index contributed by atoms with van der Waals surface area (Å²) in [6, 6.07) is 8.53. The minimum absolute atomic E-state index is 0.0762. The molecular weight excluding hydrogens is 358 g/mol. The molecule has 1 aromatic carbocycles. The van der Waals surface area contributed by atoms with Crippen LogP contribution in [0.4, 0.5) is 0 Å².